The molecule has 1 nitrogen and oxygen atoms in total. The summed E-state index contributed by atoms with van der Waals surface area (Å²) < 4.78 is 0. The van der Waals surface area contributed by atoms with E-state index in [2.05, 4.69) is 103 Å². The average Bonchev–Trinajstić information content (AvgIpc) is 2.59. The lowest BCUT2D eigenvalue weighted by molar-refractivity contribution is 0.104. The summed E-state index contributed by atoms with van der Waals surface area (Å²) in [5.74, 6) is 0.444. The first-order valence-corrected chi connectivity index (χ1v) is 10.1. The van der Waals surface area contributed by atoms with Crippen molar-refractivity contribution in [1.29, 1.82) is 0 Å². The van der Waals surface area contributed by atoms with Gasteiger partial charge in [0.25, 0.3) is 0 Å². The molecule has 0 aromatic heterocycles. The summed E-state index contributed by atoms with van der Waals surface area (Å²) in [6.07, 6.45) is 13.2. The van der Waals surface area contributed by atoms with Crippen LogP contribution in [0.1, 0.15) is 66.0 Å². The lowest BCUT2D eigenvalue weighted by Gasteiger charge is -2.48. The van der Waals surface area contributed by atoms with Crippen LogP contribution in [0.5, 0.6) is 0 Å². The van der Waals surface area contributed by atoms with Gasteiger partial charge >= 0.3 is 0 Å². The van der Waals surface area contributed by atoms with Crippen LogP contribution in [0.4, 0.5) is 0 Å². The SMILES string of the molecule is CC=CC(C)(C1CC(C)=C(N)C=C1Cc1ccccc1/C=C\C)C(C)(C)C. The molecule has 0 heterocycles. The summed E-state index contributed by atoms with van der Waals surface area (Å²) in [6.45, 7) is 15.9. The van der Waals surface area contributed by atoms with Gasteiger partial charge in [0.05, 0.1) is 0 Å². The van der Waals surface area contributed by atoms with Crippen molar-refractivity contribution in [2.24, 2.45) is 22.5 Å². The molecule has 2 unspecified atom stereocenters. The largest absolute Gasteiger partial charge is 0.399 e. The Labute approximate surface area is 166 Å². The third kappa shape index (κ3) is 4.46. The number of benzene rings is 1. The lowest BCUT2D eigenvalue weighted by atomic mass is 9.56. The smallest absolute Gasteiger partial charge is 0.0303 e. The van der Waals surface area contributed by atoms with E-state index in [0.717, 1.165) is 18.5 Å². The van der Waals surface area contributed by atoms with E-state index in [1.54, 1.807) is 0 Å². The molecule has 0 amide bonds. The highest BCUT2D eigenvalue weighted by Crippen LogP contribution is 2.52. The summed E-state index contributed by atoms with van der Waals surface area (Å²) in [7, 11) is 0. The van der Waals surface area contributed by atoms with Gasteiger partial charge in [-0.25, -0.2) is 0 Å². The summed E-state index contributed by atoms with van der Waals surface area (Å²) in [6, 6.07) is 8.70. The van der Waals surface area contributed by atoms with E-state index in [1.807, 2.05) is 0 Å². The van der Waals surface area contributed by atoms with Gasteiger partial charge in [-0.3, -0.25) is 0 Å². The van der Waals surface area contributed by atoms with Crippen molar-refractivity contribution >= 4 is 6.08 Å². The molecule has 0 fully saturated rings. The summed E-state index contributed by atoms with van der Waals surface area (Å²) >= 11 is 0. The second-order valence-corrected chi connectivity index (χ2v) is 9.12. The maximum atomic E-state index is 6.38. The van der Waals surface area contributed by atoms with Gasteiger partial charge in [0.2, 0.25) is 0 Å². The van der Waals surface area contributed by atoms with E-state index >= 15 is 0 Å². The Bertz CT molecular complexity index is 783. The molecular formula is C26H37N. The zero-order valence-corrected chi connectivity index (χ0v) is 18.3. The Morgan fingerprint density at radius 3 is 2.33 bits per heavy atom. The first-order valence-electron chi connectivity index (χ1n) is 10.1. The molecule has 1 aromatic rings. The topological polar surface area (TPSA) is 26.0 Å². The van der Waals surface area contributed by atoms with Crippen molar-refractivity contribution in [2.45, 2.75) is 61.3 Å². The van der Waals surface area contributed by atoms with Crippen LogP contribution in [-0.2, 0) is 6.42 Å². The van der Waals surface area contributed by atoms with Crippen LogP contribution in [0, 0.1) is 16.7 Å². The zero-order chi connectivity index (χ0) is 20.2. The first kappa shape index (κ1) is 21.3. The van der Waals surface area contributed by atoms with E-state index < -0.39 is 0 Å². The Kier molecular flexibility index (Phi) is 6.57. The van der Waals surface area contributed by atoms with Crippen LogP contribution >= 0.6 is 0 Å². The van der Waals surface area contributed by atoms with Gasteiger partial charge in [0.15, 0.2) is 0 Å². The number of rotatable bonds is 5. The van der Waals surface area contributed by atoms with Crippen molar-refractivity contribution in [3.8, 4) is 0 Å². The molecule has 2 atom stereocenters. The van der Waals surface area contributed by atoms with Crippen molar-refractivity contribution in [3.05, 3.63) is 76.5 Å². The van der Waals surface area contributed by atoms with Crippen LogP contribution in [0.25, 0.3) is 6.08 Å². The number of allylic oxidation sites excluding steroid dienone is 6. The molecule has 27 heavy (non-hydrogen) atoms. The van der Waals surface area contributed by atoms with E-state index in [0.29, 0.717) is 5.92 Å². The summed E-state index contributed by atoms with van der Waals surface area (Å²) in [5.41, 5.74) is 13.0. The molecule has 0 bridgehead atoms. The lowest BCUT2D eigenvalue weighted by Crippen LogP contribution is -2.41. The molecule has 0 saturated carbocycles. The second kappa shape index (κ2) is 8.33. The molecule has 2 N–H and O–H groups in total. The molecule has 146 valence electrons. The fourth-order valence-corrected chi connectivity index (χ4v) is 4.24. The van der Waals surface area contributed by atoms with Gasteiger partial charge in [-0.15, -0.1) is 0 Å². The number of hydrogen-bond acceptors (Lipinski definition) is 1. The fraction of sp³-hybridized carbons (Fsp3) is 0.462. The van der Waals surface area contributed by atoms with Crippen LogP contribution in [0.3, 0.4) is 0 Å². The van der Waals surface area contributed by atoms with E-state index in [-0.39, 0.29) is 10.8 Å². The highest BCUT2D eigenvalue weighted by molar-refractivity contribution is 5.55. The van der Waals surface area contributed by atoms with Crippen molar-refractivity contribution in [1.82, 2.24) is 0 Å². The molecule has 0 radical (unpaired) electrons. The molecular weight excluding hydrogens is 326 g/mol. The minimum absolute atomic E-state index is 0.0606. The van der Waals surface area contributed by atoms with Crippen LogP contribution in [0.15, 0.2) is 65.4 Å². The predicted octanol–water partition coefficient (Wildman–Crippen LogP) is 7.07. The third-order valence-corrected chi connectivity index (χ3v) is 6.44. The van der Waals surface area contributed by atoms with Crippen LogP contribution < -0.4 is 5.73 Å². The normalized spacial score (nSPS) is 21.0. The number of hydrogen-bond donors (Lipinski definition) is 1. The maximum Gasteiger partial charge on any atom is 0.0303 e. The molecule has 1 aliphatic rings. The Morgan fingerprint density at radius 1 is 1.07 bits per heavy atom. The van der Waals surface area contributed by atoms with Gasteiger partial charge < -0.3 is 5.73 Å². The Balaban J connectivity index is 2.55. The van der Waals surface area contributed by atoms with Gasteiger partial charge in [-0.2, -0.15) is 0 Å². The van der Waals surface area contributed by atoms with E-state index in [9.17, 15) is 0 Å². The van der Waals surface area contributed by atoms with Gasteiger partial charge in [-0.1, -0.05) is 81.8 Å². The van der Waals surface area contributed by atoms with Gasteiger partial charge in [0, 0.05) is 5.70 Å². The minimum Gasteiger partial charge on any atom is -0.399 e. The quantitative estimate of drug-likeness (QED) is 0.556. The highest BCUT2D eigenvalue weighted by Gasteiger charge is 2.44. The Hall–Kier alpha value is -2.02. The summed E-state index contributed by atoms with van der Waals surface area (Å²) in [4.78, 5) is 0. The van der Waals surface area contributed by atoms with Crippen LogP contribution in [-0.4, -0.2) is 0 Å². The first-order chi connectivity index (χ1) is 12.6. The predicted molar refractivity (Wildman–Crippen MR) is 120 cm³/mol. The second-order valence-electron chi connectivity index (χ2n) is 9.12. The van der Waals surface area contributed by atoms with E-state index in [1.165, 1.54) is 22.3 Å². The fourth-order valence-electron chi connectivity index (χ4n) is 4.24. The minimum atomic E-state index is 0.0606. The van der Waals surface area contributed by atoms with Crippen LogP contribution in [0.2, 0.25) is 0 Å². The van der Waals surface area contributed by atoms with Gasteiger partial charge in [0.1, 0.15) is 0 Å². The zero-order valence-electron chi connectivity index (χ0n) is 18.3. The Morgan fingerprint density at radius 2 is 1.74 bits per heavy atom. The highest BCUT2D eigenvalue weighted by atomic mass is 14.6. The molecule has 0 aliphatic heterocycles. The summed E-state index contributed by atoms with van der Waals surface area (Å²) in [5, 5.41) is 0. The average molecular weight is 364 g/mol. The number of nitrogens with two attached hydrogens (primary N) is 1. The molecule has 0 saturated heterocycles. The van der Waals surface area contributed by atoms with Crippen molar-refractivity contribution < 1.29 is 0 Å². The van der Waals surface area contributed by atoms with Gasteiger partial charge in [-0.05, 0) is 73.1 Å². The van der Waals surface area contributed by atoms with E-state index in [4.69, 9.17) is 5.73 Å². The van der Waals surface area contributed by atoms with Crippen molar-refractivity contribution in [3.63, 3.8) is 0 Å². The molecule has 1 aliphatic carbocycles. The monoisotopic (exact) mass is 363 g/mol. The maximum absolute atomic E-state index is 6.38. The standard InChI is InChI=1S/C26H37N/c1-8-12-20-13-10-11-14-21(20)17-22-18-24(27)19(3)16-23(22)26(7,15-9-2)25(4,5)6/h8-15,18,23H,16-17,27H2,1-7H3/b12-8-,15-9?. The molecule has 2 rings (SSSR count). The molecule has 1 aromatic carbocycles. The van der Waals surface area contributed by atoms with Crippen molar-refractivity contribution in [2.75, 3.05) is 0 Å². The third-order valence-electron chi connectivity index (χ3n) is 6.44. The molecule has 0 spiro atoms. The molecule has 1 heteroatoms.